The summed E-state index contributed by atoms with van der Waals surface area (Å²) in [7, 11) is 1.89. The number of halogens is 1. The van der Waals surface area contributed by atoms with Gasteiger partial charge in [-0.25, -0.2) is 0 Å². The zero-order valence-corrected chi connectivity index (χ0v) is 12.7. The van der Waals surface area contributed by atoms with Crippen molar-refractivity contribution in [3.63, 3.8) is 0 Å². The van der Waals surface area contributed by atoms with E-state index >= 15 is 0 Å². The molecular formula is C16H18ClN3O. The lowest BCUT2D eigenvalue weighted by atomic mass is 10.1. The monoisotopic (exact) mass is 303 g/mol. The summed E-state index contributed by atoms with van der Waals surface area (Å²) in [6.07, 6.45) is 4.21. The van der Waals surface area contributed by atoms with Gasteiger partial charge in [-0.1, -0.05) is 23.7 Å². The summed E-state index contributed by atoms with van der Waals surface area (Å²) < 4.78 is 0. The standard InChI is InChI=1S/C16H18ClN3O/c1-18-7-2-8-20-16(21)14-9-13(10-19-11-14)12-3-5-15(17)6-4-12/h3-6,9-11,18H,2,7-8H2,1H3,(H,20,21). The Labute approximate surface area is 129 Å². The lowest BCUT2D eigenvalue weighted by Gasteiger charge is -2.07. The van der Waals surface area contributed by atoms with Gasteiger partial charge in [0.25, 0.3) is 5.91 Å². The number of nitrogens with zero attached hydrogens (tertiary/aromatic N) is 1. The highest BCUT2D eigenvalue weighted by Gasteiger charge is 2.07. The van der Waals surface area contributed by atoms with Crippen molar-refractivity contribution in [1.29, 1.82) is 0 Å². The Hall–Kier alpha value is -1.91. The quantitative estimate of drug-likeness (QED) is 0.807. The summed E-state index contributed by atoms with van der Waals surface area (Å²) in [5.74, 6) is -0.102. The number of hydrogen-bond acceptors (Lipinski definition) is 3. The van der Waals surface area contributed by atoms with Gasteiger partial charge >= 0.3 is 0 Å². The summed E-state index contributed by atoms with van der Waals surface area (Å²) in [6, 6.07) is 9.30. The van der Waals surface area contributed by atoms with Crippen LogP contribution in [0.1, 0.15) is 16.8 Å². The fourth-order valence-corrected chi connectivity index (χ4v) is 2.06. The zero-order chi connectivity index (χ0) is 15.1. The number of aromatic nitrogens is 1. The first-order valence-corrected chi connectivity index (χ1v) is 7.22. The molecule has 4 nitrogen and oxygen atoms in total. The highest BCUT2D eigenvalue weighted by molar-refractivity contribution is 6.30. The van der Waals surface area contributed by atoms with Gasteiger partial charge in [-0.3, -0.25) is 9.78 Å². The van der Waals surface area contributed by atoms with Crippen LogP contribution < -0.4 is 10.6 Å². The second kappa shape index (κ2) is 7.76. The van der Waals surface area contributed by atoms with E-state index in [1.807, 2.05) is 37.4 Å². The minimum absolute atomic E-state index is 0.102. The van der Waals surface area contributed by atoms with Gasteiger partial charge in [-0.2, -0.15) is 0 Å². The first-order chi connectivity index (χ1) is 10.2. The number of hydrogen-bond donors (Lipinski definition) is 2. The van der Waals surface area contributed by atoms with Crippen LogP contribution in [-0.2, 0) is 0 Å². The van der Waals surface area contributed by atoms with E-state index in [9.17, 15) is 4.79 Å². The molecule has 110 valence electrons. The minimum Gasteiger partial charge on any atom is -0.352 e. The van der Waals surface area contributed by atoms with Crippen LogP contribution in [0.15, 0.2) is 42.7 Å². The van der Waals surface area contributed by atoms with Crippen LogP contribution in [0.25, 0.3) is 11.1 Å². The second-order valence-electron chi connectivity index (χ2n) is 4.68. The molecule has 0 fully saturated rings. The predicted octanol–water partition coefficient (Wildman–Crippen LogP) is 2.74. The summed E-state index contributed by atoms with van der Waals surface area (Å²) in [4.78, 5) is 16.2. The smallest absolute Gasteiger partial charge is 0.252 e. The zero-order valence-electron chi connectivity index (χ0n) is 11.9. The lowest BCUT2D eigenvalue weighted by Crippen LogP contribution is -2.26. The molecule has 0 unspecified atom stereocenters. The summed E-state index contributed by atoms with van der Waals surface area (Å²) in [6.45, 7) is 1.52. The lowest BCUT2D eigenvalue weighted by molar-refractivity contribution is 0.0953. The van der Waals surface area contributed by atoms with Crippen LogP contribution in [0.5, 0.6) is 0 Å². The molecule has 0 radical (unpaired) electrons. The molecule has 2 aromatic rings. The van der Waals surface area contributed by atoms with Crippen molar-refractivity contribution in [3.05, 3.63) is 53.3 Å². The van der Waals surface area contributed by atoms with Gasteiger partial charge in [-0.05, 0) is 43.8 Å². The van der Waals surface area contributed by atoms with E-state index in [4.69, 9.17) is 11.6 Å². The maximum absolute atomic E-state index is 12.1. The molecule has 0 spiro atoms. The van der Waals surface area contributed by atoms with Gasteiger partial charge in [0.2, 0.25) is 0 Å². The average Bonchev–Trinajstić information content (AvgIpc) is 2.52. The van der Waals surface area contributed by atoms with E-state index in [-0.39, 0.29) is 5.91 Å². The molecule has 0 atom stereocenters. The molecule has 0 aliphatic rings. The van der Waals surface area contributed by atoms with E-state index in [2.05, 4.69) is 15.6 Å². The molecule has 0 saturated carbocycles. The van der Waals surface area contributed by atoms with Crippen LogP contribution in [0.3, 0.4) is 0 Å². The number of carbonyl (C=O) groups excluding carboxylic acids is 1. The number of rotatable bonds is 6. The SMILES string of the molecule is CNCCCNC(=O)c1cncc(-c2ccc(Cl)cc2)c1. The maximum atomic E-state index is 12.1. The summed E-state index contributed by atoms with van der Waals surface area (Å²) >= 11 is 5.88. The Balaban J connectivity index is 2.06. The fourth-order valence-electron chi connectivity index (χ4n) is 1.93. The highest BCUT2D eigenvalue weighted by Crippen LogP contribution is 2.21. The predicted molar refractivity (Wildman–Crippen MR) is 85.6 cm³/mol. The Bertz CT molecular complexity index is 599. The van der Waals surface area contributed by atoms with Crippen molar-refractivity contribution in [2.24, 2.45) is 0 Å². The molecule has 2 rings (SSSR count). The van der Waals surface area contributed by atoms with Gasteiger partial charge in [0.1, 0.15) is 0 Å². The largest absolute Gasteiger partial charge is 0.352 e. The molecule has 1 aromatic carbocycles. The molecule has 1 heterocycles. The Morgan fingerprint density at radius 1 is 1.14 bits per heavy atom. The van der Waals surface area contributed by atoms with E-state index < -0.39 is 0 Å². The molecule has 5 heteroatoms. The molecule has 1 aromatic heterocycles. The van der Waals surface area contributed by atoms with Crippen molar-refractivity contribution in [2.75, 3.05) is 20.1 Å². The van der Waals surface area contributed by atoms with Crippen molar-refractivity contribution in [2.45, 2.75) is 6.42 Å². The first-order valence-electron chi connectivity index (χ1n) is 6.84. The number of nitrogens with one attached hydrogen (secondary N) is 2. The van der Waals surface area contributed by atoms with Crippen LogP contribution in [0, 0.1) is 0 Å². The third kappa shape index (κ3) is 4.55. The number of benzene rings is 1. The molecule has 0 bridgehead atoms. The van der Waals surface area contributed by atoms with E-state index in [1.165, 1.54) is 0 Å². The van der Waals surface area contributed by atoms with Crippen LogP contribution in [-0.4, -0.2) is 31.0 Å². The van der Waals surface area contributed by atoms with Gasteiger partial charge < -0.3 is 10.6 Å². The van der Waals surface area contributed by atoms with Gasteiger partial charge in [-0.15, -0.1) is 0 Å². The van der Waals surface area contributed by atoms with Crippen LogP contribution in [0.2, 0.25) is 5.02 Å². The normalized spacial score (nSPS) is 10.4. The number of pyridine rings is 1. The Morgan fingerprint density at radius 2 is 1.90 bits per heavy atom. The molecular weight excluding hydrogens is 286 g/mol. The average molecular weight is 304 g/mol. The van der Waals surface area contributed by atoms with Gasteiger partial charge in [0, 0.05) is 29.5 Å². The van der Waals surface area contributed by atoms with Crippen molar-refractivity contribution in [1.82, 2.24) is 15.6 Å². The van der Waals surface area contributed by atoms with Crippen molar-refractivity contribution < 1.29 is 4.79 Å². The topological polar surface area (TPSA) is 54.0 Å². The molecule has 2 N–H and O–H groups in total. The van der Waals surface area contributed by atoms with Crippen molar-refractivity contribution in [3.8, 4) is 11.1 Å². The van der Waals surface area contributed by atoms with Crippen LogP contribution >= 0.6 is 11.6 Å². The fraction of sp³-hybridized carbons (Fsp3) is 0.250. The van der Waals surface area contributed by atoms with E-state index in [0.717, 1.165) is 24.1 Å². The van der Waals surface area contributed by atoms with E-state index in [1.54, 1.807) is 12.4 Å². The molecule has 0 aliphatic heterocycles. The van der Waals surface area contributed by atoms with Gasteiger partial charge in [0.15, 0.2) is 0 Å². The highest BCUT2D eigenvalue weighted by atomic mass is 35.5. The van der Waals surface area contributed by atoms with Crippen LogP contribution in [0.4, 0.5) is 0 Å². The van der Waals surface area contributed by atoms with Crippen molar-refractivity contribution >= 4 is 17.5 Å². The minimum atomic E-state index is -0.102. The Morgan fingerprint density at radius 3 is 2.62 bits per heavy atom. The molecule has 0 saturated heterocycles. The third-order valence-electron chi connectivity index (χ3n) is 3.07. The Kier molecular flexibility index (Phi) is 5.72. The number of carbonyl (C=O) groups is 1. The third-order valence-corrected chi connectivity index (χ3v) is 3.32. The molecule has 1 amide bonds. The van der Waals surface area contributed by atoms with E-state index in [0.29, 0.717) is 17.1 Å². The second-order valence-corrected chi connectivity index (χ2v) is 5.12. The van der Waals surface area contributed by atoms with Gasteiger partial charge in [0.05, 0.1) is 5.56 Å². The summed E-state index contributed by atoms with van der Waals surface area (Å²) in [5.41, 5.74) is 2.44. The molecule has 0 aliphatic carbocycles. The first kappa shape index (κ1) is 15.5. The number of amides is 1. The maximum Gasteiger partial charge on any atom is 0.252 e. The molecule has 21 heavy (non-hydrogen) atoms. The summed E-state index contributed by atoms with van der Waals surface area (Å²) in [5, 5.41) is 6.61.